The lowest BCUT2D eigenvalue weighted by atomic mass is 10.0. The van der Waals surface area contributed by atoms with Gasteiger partial charge >= 0.3 is 0 Å². The Labute approximate surface area is 185 Å². The summed E-state index contributed by atoms with van der Waals surface area (Å²) in [4.78, 5) is 22.2. The molecule has 7 nitrogen and oxygen atoms in total. The van der Waals surface area contributed by atoms with Crippen molar-refractivity contribution in [3.8, 4) is 11.4 Å². The smallest absolute Gasteiger partial charge is 0.258 e. The molecule has 0 saturated heterocycles. The zero-order valence-corrected chi connectivity index (χ0v) is 18.3. The van der Waals surface area contributed by atoms with Crippen LogP contribution < -0.4 is 10.9 Å². The van der Waals surface area contributed by atoms with Crippen LogP contribution in [0.5, 0.6) is 0 Å². The zero-order valence-electron chi connectivity index (χ0n) is 16.6. The molecule has 0 fully saturated rings. The van der Waals surface area contributed by atoms with Crippen LogP contribution in [0.15, 0.2) is 47.5 Å². The highest BCUT2D eigenvalue weighted by Gasteiger charge is 2.13. The minimum atomic E-state index is -0.109. The van der Waals surface area contributed by atoms with Gasteiger partial charge in [-0.1, -0.05) is 6.08 Å². The minimum absolute atomic E-state index is 0. The predicted octanol–water partition coefficient (Wildman–Crippen LogP) is 3.17. The number of nitrogens with one attached hydrogen (secondary N) is 1. The zero-order chi connectivity index (χ0) is 19.3. The fourth-order valence-electron chi connectivity index (χ4n) is 3.84. The van der Waals surface area contributed by atoms with Crippen LogP contribution in [0.25, 0.3) is 33.6 Å². The molecule has 156 valence electrons. The Bertz CT molecular complexity index is 1320. The van der Waals surface area contributed by atoms with Gasteiger partial charge in [-0.3, -0.25) is 13.9 Å². The number of hydrogen-bond acceptors (Lipinski definition) is 5. The Morgan fingerprint density at radius 2 is 1.90 bits per heavy atom. The summed E-state index contributed by atoms with van der Waals surface area (Å²) >= 11 is 0. The van der Waals surface area contributed by atoms with Crippen LogP contribution in [-0.4, -0.2) is 37.2 Å². The molecule has 4 aromatic heterocycles. The lowest BCUT2D eigenvalue weighted by Gasteiger charge is -2.15. The number of halogens is 2. The number of nitrogens with zero attached hydrogens (tertiary/aromatic N) is 5. The van der Waals surface area contributed by atoms with Crippen LogP contribution in [-0.2, 0) is 7.05 Å². The van der Waals surface area contributed by atoms with Crippen LogP contribution >= 0.6 is 24.8 Å². The van der Waals surface area contributed by atoms with Gasteiger partial charge in [0.05, 0.1) is 23.1 Å². The molecule has 1 aliphatic rings. The largest absolute Gasteiger partial charge is 0.313 e. The highest BCUT2D eigenvalue weighted by Crippen LogP contribution is 2.23. The van der Waals surface area contributed by atoms with Crippen molar-refractivity contribution >= 4 is 47.1 Å². The minimum Gasteiger partial charge on any atom is -0.313 e. The molecule has 0 spiro atoms. The van der Waals surface area contributed by atoms with Crippen molar-refractivity contribution in [3.63, 3.8) is 0 Å². The standard InChI is InChI=1S/C21H20N6O.2ClH/c1-13-9-16(24-18-11-23-26(2)21(13)18)17-10-20(28)27-12-15(3-4-19(27)25-17)14-5-7-22-8-6-14;;/h3-5,9-12,22H,6-8H2,1-2H3;2*1H. The quantitative estimate of drug-likeness (QED) is 0.513. The van der Waals surface area contributed by atoms with Gasteiger partial charge in [0.15, 0.2) is 0 Å². The second kappa shape index (κ2) is 8.55. The topological polar surface area (TPSA) is 77.1 Å². The summed E-state index contributed by atoms with van der Waals surface area (Å²) in [6, 6.07) is 7.44. The van der Waals surface area contributed by atoms with E-state index in [1.165, 1.54) is 5.57 Å². The van der Waals surface area contributed by atoms with Crippen LogP contribution in [0, 0.1) is 6.92 Å². The lowest BCUT2D eigenvalue weighted by Crippen LogP contribution is -2.20. The van der Waals surface area contributed by atoms with E-state index in [-0.39, 0.29) is 30.4 Å². The van der Waals surface area contributed by atoms with Crippen LogP contribution in [0.3, 0.4) is 0 Å². The highest BCUT2D eigenvalue weighted by atomic mass is 35.5. The van der Waals surface area contributed by atoms with Gasteiger partial charge in [0.1, 0.15) is 11.2 Å². The summed E-state index contributed by atoms with van der Waals surface area (Å²) in [5.74, 6) is 0. The van der Waals surface area contributed by atoms with Gasteiger partial charge in [0, 0.05) is 25.9 Å². The first-order valence-electron chi connectivity index (χ1n) is 9.33. The van der Waals surface area contributed by atoms with E-state index in [4.69, 9.17) is 0 Å². The van der Waals surface area contributed by atoms with Crippen LogP contribution in [0.1, 0.15) is 17.5 Å². The molecular formula is C21H22Cl2N6O. The van der Waals surface area contributed by atoms with E-state index in [1.807, 2.05) is 38.4 Å². The number of aryl methyl sites for hydroxylation is 2. The van der Waals surface area contributed by atoms with Gasteiger partial charge in [0.25, 0.3) is 5.56 Å². The Hall–Kier alpha value is -2.74. The molecule has 9 heteroatoms. The molecule has 0 radical (unpaired) electrons. The van der Waals surface area contributed by atoms with E-state index in [0.717, 1.165) is 41.7 Å². The van der Waals surface area contributed by atoms with Crippen molar-refractivity contribution in [3.05, 3.63) is 64.2 Å². The monoisotopic (exact) mass is 444 g/mol. The number of pyridine rings is 2. The van der Waals surface area contributed by atoms with Crippen LogP contribution in [0.2, 0.25) is 0 Å². The van der Waals surface area contributed by atoms with Gasteiger partial charge < -0.3 is 5.32 Å². The molecule has 30 heavy (non-hydrogen) atoms. The first-order chi connectivity index (χ1) is 13.6. The molecule has 0 aliphatic carbocycles. The maximum Gasteiger partial charge on any atom is 0.258 e. The van der Waals surface area contributed by atoms with Gasteiger partial charge in [-0.25, -0.2) is 9.97 Å². The normalized spacial score (nSPS) is 13.6. The van der Waals surface area contributed by atoms with Crippen molar-refractivity contribution in [2.45, 2.75) is 13.3 Å². The average molecular weight is 445 g/mol. The predicted molar refractivity (Wildman–Crippen MR) is 124 cm³/mol. The maximum atomic E-state index is 12.8. The number of rotatable bonds is 2. The van der Waals surface area contributed by atoms with Crippen molar-refractivity contribution in [2.24, 2.45) is 7.05 Å². The Kier molecular flexibility index (Phi) is 6.26. The Morgan fingerprint density at radius 1 is 1.10 bits per heavy atom. The summed E-state index contributed by atoms with van der Waals surface area (Å²) in [7, 11) is 1.90. The van der Waals surface area contributed by atoms with Crippen molar-refractivity contribution in [1.82, 2.24) is 29.5 Å². The van der Waals surface area contributed by atoms with E-state index in [0.29, 0.717) is 17.0 Å². The number of hydrogen-bond donors (Lipinski definition) is 1. The van der Waals surface area contributed by atoms with Gasteiger partial charge in [-0.05, 0) is 54.8 Å². The van der Waals surface area contributed by atoms with Crippen LogP contribution in [0.4, 0.5) is 0 Å². The van der Waals surface area contributed by atoms with E-state index in [2.05, 4.69) is 26.5 Å². The third-order valence-corrected chi connectivity index (χ3v) is 5.24. The molecule has 0 atom stereocenters. The maximum absolute atomic E-state index is 12.8. The fraction of sp³-hybridized carbons (Fsp3) is 0.238. The molecule has 0 unspecified atom stereocenters. The third kappa shape index (κ3) is 3.71. The molecule has 5 heterocycles. The number of fused-ring (bicyclic) bond motifs is 2. The van der Waals surface area contributed by atoms with E-state index >= 15 is 0 Å². The summed E-state index contributed by atoms with van der Waals surface area (Å²) in [5, 5.41) is 7.58. The Balaban J connectivity index is 0.00000128. The molecule has 4 aromatic rings. The highest BCUT2D eigenvalue weighted by molar-refractivity contribution is 5.85. The summed E-state index contributed by atoms with van der Waals surface area (Å²) in [6.45, 7) is 3.83. The average Bonchev–Trinajstić information content (AvgIpc) is 3.09. The second-order valence-corrected chi connectivity index (χ2v) is 7.14. The summed E-state index contributed by atoms with van der Waals surface area (Å²) in [6.07, 6.45) is 6.75. The second-order valence-electron chi connectivity index (χ2n) is 7.14. The summed E-state index contributed by atoms with van der Waals surface area (Å²) < 4.78 is 3.41. The van der Waals surface area contributed by atoms with E-state index in [9.17, 15) is 4.79 Å². The van der Waals surface area contributed by atoms with Gasteiger partial charge in [-0.15, -0.1) is 24.8 Å². The molecular weight excluding hydrogens is 423 g/mol. The fourth-order valence-corrected chi connectivity index (χ4v) is 3.84. The molecule has 1 N–H and O–H groups in total. The van der Waals surface area contributed by atoms with Crippen molar-refractivity contribution < 1.29 is 0 Å². The molecule has 0 aromatic carbocycles. The third-order valence-electron chi connectivity index (χ3n) is 5.24. The summed E-state index contributed by atoms with van der Waals surface area (Å²) in [5.41, 5.74) is 6.93. The lowest BCUT2D eigenvalue weighted by molar-refractivity contribution is 0.738. The first-order valence-corrected chi connectivity index (χ1v) is 9.33. The molecule has 0 bridgehead atoms. The molecule has 1 aliphatic heterocycles. The van der Waals surface area contributed by atoms with E-state index in [1.54, 1.807) is 21.3 Å². The molecule has 0 amide bonds. The van der Waals surface area contributed by atoms with Gasteiger partial charge in [-0.2, -0.15) is 5.10 Å². The first kappa shape index (κ1) is 22.0. The van der Waals surface area contributed by atoms with Crippen molar-refractivity contribution in [2.75, 3.05) is 13.1 Å². The Morgan fingerprint density at radius 3 is 2.67 bits per heavy atom. The van der Waals surface area contributed by atoms with Crippen molar-refractivity contribution in [1.29, 1.82) is 0 Å². The number of aromatic nitrogens is 5. The van der Waals surface area contributed by atoms with Gasteiger partial charge in [0.2, 0.25) is 0 Å². The SMILES string of the molecule is Cc1cc(-c2cc(=O)n3cc(C4=CCNCC4)ccc3n2)nc2cnn(C)c12.Cl.Cl. The van der Waals surface area contributed by atoms with E-state index < -0.39 is 0 Å². The molecule has 5 rings (SSSR count). The molecule has 0 saturated carbocycles.